The first-order valence-electron chi connectivity index (χ1n) is 8.50. The molecule has 0 radical (unpaired) electrons. The van der Waals surface area contributed by atoms with Gasteiger partial charge < -0.3 is 9.64 Å². The SMILES string of the molecule is COc1ccc2nc(N(CCN(C)C)C(=O)Cc3ccccc3)sc2c1.Cl. The lowest BCUT2D eigenvalue weighted by atomic mass is 10.1. The fourth-order valence-electron chi connectivity index (χ4n) is 2.63. The summed E-state index contributed by atoms with van der Waals surface area (Å²) in [6.45, 7) is 1.38. The Morgan fingerprint density at radius 2 is 1.85 bits per heavy atom. The number of methoxy groups -OCH3 is 1. The maximum absolute atomic E-state index is 13.0. The van der Waals surface area contributed by atoms with Crippen LogP contribution >= 0.6 is 23.7 Å². The minimum atomic E-state index is 0. The van der Waals surface area contributed by atoms with Crippen LogP contribution in [0.1, 0.15) is 5.56 Å². The van der Waals surface area contributed by atoms with Crippen LogP contribution in [-0.2, 0) is 11.2 Å². The lowest BCUT2D eigenvalue weighted by Crippen LogP contribution is -2.37. The van der Waals surface area contributed by atoms with Gasteiger partial charge in [-0.2, -0.15) is 0 Å². The second-order valence-corrected chi connectivity index (χ2v) is 7.35. The number of ether oxygens (including phenoxy) is 1. The Labute approximate surface area is 170 Å². The van der Waals surface area contributed by atoms with Crippen molar-refractivity contribution in [3.05, 3.63) is 54.1 Å². The number of rotatable bonds is 7. The van der Waals surface area contributed by atoms with E-state index in [4.69, 9.17) is 4.74 Å². The van der Waals surface area contributed by atoms with Crippen LogP contribution in [0.4, 0.5) is 5.13 Å². The quantitative estimate of drug-likeness (QED) is 0.598. The Balaban J connectivity index is 0.00000261. The Hall–Kier alpha value is -2.15. The third kappa shape index (κ3) is 5.42. The highest BCUT2D eigenvalue weighted by molar-refractivity contribution is 7.22. The van der Waals surface area contributed by atoms with Crippen molar-refractivity contribution in [3.63, 3.8) is 0 Å². The lowest BCUT2D eigenvalue weighted by Gasteiger charge is -2.22. The molecule has 0 aliphatic heterocycles. The van der Waals surface area contributed by atoms with Gasteiger partial charge in [-0.15, -0.1) is 12.4 Å². The number of amides is 1. The number of hydrogen-bond donors (Lipinski definition) is 0. The molecule has 0 bridgehead atoms. The second kappa shape index (κ2) is 9.69. The van der Waals surface area contributed by atoms with E-state index in [9.17, 15) is 4.79 Å². The van der Waals surface area contributed by atoms with E-state index in [1.807, 2.05) is 62.6 Å². The molecule has 3 rings (SSSR count). The van der Waals surface area contributed by atoms with Crippen LogP contribution in [0.15, 0.2) is 48.5 Å². The van der Waals surface area contributed by atoms with Crippen LogP contribution in [-0.4, -0.2) is 50.1 Å². The van der Waals surface area contributed by atoms with Crippen molar-refractivity contribution in [2.24, 2.45) is 0 Å². The van der Waals surface area contributed by atoms with E-state index in [0.717, 1.165) is 33.2 Å². The summed E-state index contributed by atoms with van der Waals surface area (Å²) in [5.41, 5.74) is 1.89. The summed E-state index contributed by atoms with van der Waals surface area (Å²) in [6, 6.07) is 15.6. The van der Waals surface area contributed by atoms with Gasteiger partial charge in [0.15, 0.2) is 5.13 Å². The van der Waals surface area contributed by atoms with Gasteiger partial charge >= 0.3 is 0 Å². The third-order valence-electron chi connectivity index (χ3n) is 4.09. The van der Waals surface area contributed by atoms with Gasteiger partial charge in [0.2, 0.25) is 5.91 Å². The van der Waals surface area contributed by atoms with E-state index in [2.05, 4.69) is 9.88 Å². The fourth-order valence-corrected chi connectivity index (χ4v) is 3.67. The number of fused-ring (bicyclic) bond motifs is 1. The van der Waals surface area contributed by atoms with E-state index < -0.39 is 0 Å². The highest BCUT2D eigenvalue weighted by Crippen LogP contribution is 2.31. The van der Waals surface area contributed by atoms with E-state index >= 15 is 0 Å². The first kappa shape index (κ1) is 21.2. The van der Waals surface area contributed by atoms with Gasteiger partial charge in [-0.05, 0) is 37.9 Å². The number of likely N-dealkylation sites (N-methyl/N-ethyl adjacent to an activating group) is 1. The van der Waals surface area contributed by atoms with Crippen molar-refractivity contribution in [2.45, 2.75) is 6.42 Å². The standard InChI is InChI=1S/C20H23N3O2S.ClH/c1-22(2)11-12-23(19(24)13-15-7-5-4-6-8-15)20-21-17-10-9-16(25-3)14-18(17)26-20;/h4-10,14H,11-13H2,1-3H3;1H. The predicted octanol–water partition coefficient (Wildman–Crippen LogP) is 3.86. The lowest BCUT2D eigenvalue weighted by molar-refractivity contribution is -0.118. The monoisotopic (exact) mass is 405 g/mol. The van der Waals surface area contributed by atoms with Crippen molar-refractivity contribution in [2.75, 3.05) is 39.2 Å². The molecule has 1 heterocycles. The molecule has 27 heavy (non-hydrogen) atoms. The van der Waals surface area contributed by atoms with Crippen LogP contribution in [0.2, 0.25) is 0 Å². The Bertz CT molecular complexity index is 883. The summed E-state index contributed by atoms with van der Waals surface area (Å²) in [4.78, 5) is 21.5. The van der Waals surface area contributed by atoms with Crippen LogP contribution < -0.4 is 9.64 Å². The maximum atomic E-state index is 13.0. The molecule has 0 spiro atoms. The van der Waals surface area contributed by atoms with Gasteiger partial charge in [0.25, 0.3) is 0 Å². The summed E-state index contributed by atoms with van der Waals surface area (Å²) in [5.74, 6) is 0.854. The number of anilines is 1. The number of halogens is 1. The van der Waals surface area contributed by atoms with E-state index in [1.54, 1.807) is 12.0 Å². The maximum Gasteiger partial charge on any atom is 0.233 e. The van der Waals surface area contributed by atoms with Crippen molar-refractivity contribution in [1.29, 1.82) is 0 Å². The van der Waals surface area contributed by atoms with Gasteiger partial charge in [0.05, 0.1) is 23.7 Å². The molecule has 0 atom stereocenters. The van der Waals surface area contributed by atoms with Crippen molar-refractivity contribution < 1.29 is 9.53 Å². The van der Waals surface area contributed by atoms with Crippen molar-refractivity contribution in [1.82, 2.24) is 9.88 Å². The molecule has 0 N–H and O–H groups in total. The molecule has 1 aromatic heterocycles. The first-order chi connectivity index (χ1) is 12.6. The van der Waals surface area contributed by atoms with Crippen LogP contribution in [0.5, 0.6) is 5.75 Å². The van der Waals surface area contributed by atoms with Gasteiger partial charge in [-0.25, -0.2) is 4.98 Å². The zero-order valence-electron chi connectivity index (χ0n) is 15.7. The summed E-state index contributed by atoms with van der Waals surface area (Å²) in [7, 11) is 5.65. The average molecular weight is 406 g/mol. The molecule has 144 valence electrons. The largest absolute Gasteiger partial charge is 0.497 e. The Kier molecular flexibility index (Phi) is 7.59. The molecule has 3 aromatic rings. The molecular weight excluding hydrogens is 382 g/mol. The molecular formula is C20H24ClN3O2S. The van der Waals surface area contributed by atoms with Crippen molar-refractivity contribution >= 4 is 45.0 Å². The number of carbonyl (C=O) groups excluding carboxylic acids is 1. The molecule has 0 saturated heterocycles. The zero-order valence-corrected chi connectivity index (χ0v) is 17.3. The summed E-state index contributed by atoms with van der Waals surface area (Å²) < 4.78 is 6.30. The molecule has 0 aliphatic carbocycles. The van der Waals surface area contributed by atoms with Crippen LogP contribution in [0.25, 0.3) is 10.2 Å². The Morgan fingerprint density at radius 3 is 2.52 bits per heavy atom. The molecule has 0 fully saturated rings. The zero-order chi connectivity index (χ0) is 18.5. The highest BCUT2D eigenvalue weighted by Gasteiger charge is 2.20. The van der Waals surface area contributed by atoms with Crippen LogP contribution in [0, 0.1) is 0 Å². The molecule has 0 unspecified atom stereocenters. The normalized spacial score (nSPS) is 10.7. The summed E-state index contributed by atoms with van der Waals surface area (Å²) >= 11 is 1.52. The highest BCUT2D eigenvalue weighted by atomic mass is 35.5. The van der Waals surface area contributed by atoms with Crippen molar-refractivity contribution in [3.8, 4) is 5.75 Å². The third-order valence-corrected chi connectivity index (χ3v) is 5.13. The van der Waals surface area contributed by atoms with Gasteiger partial charge in [-0.1, -0.05) is 41.7 Å². The van der Waals surface area contributed by atoms with Gasteiger partial charge in [-0.3, -0.25) is 9.69 Å². The predicted molar refractivity (Wildman–Crippen MR) is 114 cm³/mol. The van der Waals surface area contributed by atoms with E-state index in [0.29, 0.717) is 13.0 Å². The average Bonchev–Trinajstić information content (AvgIpc) is 3.05. The smallest absolute Gasteiger partial charge is 0.233 e. The number of carbonyl (C=O) groups is 1. The second-order valence-electron chi connectivity index (χ2n) is 6.34. The van der Waals surface area contributed by atoms with Gasteiger partial charge in [0.1, 0.15) is 5.75 Å². The molecule has 1 amide bonds. The van der Waals surface area contributed by atoms with Crippen LogP contribution in [0.3, 0.4) is 0 Å². The molecule has 0 aliphatic rings. The molecule has 5 nitrogen and oxygen atoms in total. The number of benzene rings is 2. The number of nitrogens with zero attached hydrogens (tertiary/aromatic N) is 3. The molecule has 2 aromatic carbocycles. The fraction of sp³-hybridized carbons (Fsp3) is 0.300. The number of aromatic nitrogens is 1. The topological polar surface area (TPSA) is 45.7 Å². The van der Waals surface area contributed by atoms with E-state index in [1.165, 1.54) is 11.3 Å². The number of thiazole rings is 1. The minimum absolute atomic E-state index is 0. The summed E-state index contributed by atoms with van der Waals surface area (Å²) in [5, 5.41) is 0.732. The number of hydrogen-bond acceptors (Lipinski definition) is 5. The van der Waals surface area contributed by atoms with E-state index in [-0.39, 0.29) is 18.3 Å². The molecule has 0 saturated carbocycles. The first-order valence-corrected chi connectivity index (χ1v) is 9.32. The minimum Gasteiger partial charge on any atom is -0.497 e. The Morgan fingerprint density at radius 1 is 1.11 bits per heavy atom. The van der Waals surface area contributed by atoms with Gasteiger partial charge in [0, 0.05) is 13.1 Å². The summed E-state index contributed by atoms with van der Waals surface area (Å²) in [6.07, 6.45) is 0.369. The molecule has 7 heteroatoms.